The number of nitrogens with two attached hydrogens (primary N) is 1. The van der Waals surface area contributed by atoms with Crippen LogP contribution < -0.4 is 5.73 Å². The van der Waals surface area contributed by atoms with Gasteiger partial charge < -0.3 is 10.8 Å². The van der Waals surface area contributed by atoms with E-state index in [1.165, 1.54) is 10.7 Å². The molecule has 0 fully saturated rings. The van der Waals surface area contributed by atoms with Crippen LogP contribution in [0, 0.1) is 11.6 Å². The first-order valence-corrected chi connectivity index (χ1v) is 4.47. The summed E-state index contributed by atoms with van der Waals surface area (Å²) in [6, 6.07) is 3.01. The van der Waals surface area contributed by atoms with Crippen LogP contribution in [-0.4, -0.2) is 14.9 Å². The molecule has 0 amide bonds. The van der Waals surface area contributed by atoms with E-state index >= 15 is 0 Å². The Hall–Kier alpha value is -2.11. The number of hydrogen-bond acceptors (Lipinski definition) is 3. The molecule has 0 spiro atoms. The van der Waals surface area contributed by atoms with Crippen LogP contribution in [0.25, 0.3) is 11.3 Å². The third-order valence-corrected chi connectivity index (χ3v) is 2.23. The van der Waals surface area contributed by atoms with E-state index in [9.17, 15) is 8.78 Å². The predicted octanol–water partition coefficient (Wildman–Crippen LogP) is 1.65. The van der Waals surface area contributed by atoms with Crippen molar-refractivity contribution in [2.75, 3.05) is 5.73 Å². The molecule has 4 nitrogen and oxygen atoms in total. The lowest BCUT2D eigenvalue weighted by molar-refractivity contribution is 0.427. The normalized spacial score (nSPS) is 10.7. The molecule has 0 radical (unpaired) electrons. The molecule has 3 N–H and O–H groups in total. The minimum Gasteiger partial charge on any atom is -0.505 e. The lowest BCUT2D eigenvalue weighted by Crippen LogP contribution is -1.96. The molecule has 6 heteroatoms. The highest BCUT2D eigenvalue weighted by atomic mass is 19.1. The molecule has 2 aromatic rings. The maximum Gasteiger partial charge on any atom is 0.165 e. The molecule has 0 saturated carbocycles. The topological polar surface area (TPSA) is 64.1 Å². The average molecular weight is 225 g/mol. The van der Waals surface area contributed by atoms with Gasteiger partial charge in [0.05, 0.1) is 5.69 Å². The first kappa shape index (κ1) is 10.4. The molecule has 84 valence electrons. The fourth-order valence-corrected chi connectivity index (χ4v) is 1.35. The molecule has 0 bridgehead atoms. The minimum atomic E-state index is -0.902. The van der Waals surface area contributed by atoms with Crippen molar-refractivity contribution in [3.05, 3.63) is 29.8 Å². The number of nitrogens with zero attached hydrogens (tertiary/aromatic N) is 2. The van der Waals surface area contributed by atoms with Gasteiger partial charge in [0.2, 0.25) is 0 Å². The number of aromatic hydroxyl groups is 1. The van der Waals surface area contributed by atoms with Crippen LogP contribution in [0.5, 0.6) is 5.75 Å². The lowest BCUT2D eigenvalue weighted by Gasteiger charge is -2.01. The van der Waals surface area contributed by atoms with Crippen LogP contribution in [0.15, 0.2) is 18.2 Å². The summed E-state index contributed by atoms with van der Waals surface area (Å²) >= 11 is 0. The Bertz CT molecular complexity index is 532. The summed E-state index contributed by atoms with van der Waals surface area (Å²) in [5, 5.41) is 12.9. The third kappa shape index (κ3) is 1.58. The number of phenols is 1. The average Bonchev–Trinajstić information content (AvgIpc) is 2.53. The number of nitrogen functional groups attached to an aromatic ring is 1. The zero-order valence-electron chi connectivity index (χ0n) is 8.41. The number of aromatic nitrogens is 2. The van der Waals surface area contributed by atoms with Crippen molar-refractivity contribution in [1.29, 1.82) is 0 Å². The summed E-state index contributed by atoms with van der Waals surface area (Å²) in [6.45, 7) is 0. The van der Waals surface area contributed by atoms with E-state index in [0.29, 0.717) is 11.9 Å². The van der Waals surface area contributed by atoms with E-state index < -0.39 is 17.4 Å². The van der Waals surface area contributed by atoms with Crippen molar-refractivity contribution < 1.29 is 13.9 Å². The van der Waals surface area contributed by atoms with Gasteiger partial charge in [0, 0.05) is 24.7 Å². The van der Waals surface area contributed by atoms with E-state index in [-0.39, 0.29) is 11.3 Å². The van der Waals surface area contributed by atoms with E-state index in [4.69, 9.17) is 10.8 Å². The summed E-state index contributed by atoms with van der Waals surface area (Å²) in [7, 11) is 1.59. The molecule has 0 saturated heterocycles. The molecule has 0 atom stereocenters. The van der Waals surface area contributed by atoms with Gasteiger partial charge >= 0.3 is 0 Å². The van der Waals surface area contributed by atoms with Crippen molar-refractivity contribution in [2.24, 2.45) is 7.05 Å². The number of rotatable bonds is 1. The highest BCUT2D eigenvalue weighted by molar-refractivity contribution is 5.64. The van der Waals surface area contributed by atoms with Gasteiger partial charge in [-0.3, -0.25) is 4.68 Å². The standard InChI is InChI=1S/C10H9F2N3O/c1-15-10(13)4-8(14-15)5-2-7(12)9(16)3-6(5)11/h2-4,16H,13H2,1H3. The second-order valence-corrected chi connectivity index (χ2v) is 3.36. The quantitative estimate of drug-likeness (QED) is 0.775. The smallest absolute Gasteiger partial charge is 0.165 e. The fraction of sp³-hybridized carbons (Fsp3) is 0.100. The Labute approximate surface area is 89.9 Å². The van der Waals surface area contributed by atoms with Crippen LogP contribution in [-0.2, 0) is 7.05 Å². The van der Waals surface area contributed by atoms with Crippen molar-refractivity contribution in [3.8, 4) is 17.0 Å². The zero-order chi connectivity index (χ0) is 11.9. The van der Waals surface area contributed by atoms with Gasteiger partial charge in [-0.05, 0) is 6.07 Å². The second-order valence-electron chi connectivity index (χ2n) is 3.36. The summed E-state index contributed by atoms with van der Waals surface area (Å²) in [5.74, 6) is -2.05. The maximum absolute atomic E-state index is 13.4. The Morgan fingerprint density at radius 3 is 2.50 bits per heavy atom. The van der Waals surface area contributed by atoms with Gasteiger partial charge in [-0.1, -0.05) is 0 Å². The van der Waals surface area contributed by atoms with E-state index in [1.54, 1.807) is 7.05 Å². The van der Waals surface area contributed by atoms with Gasteiger partial charge in [-0.2, -0.15) is 5.10 Å². The molecule has 1 heterocycles. The first-order valence-electron chi connectivity index (χ1n) is 4.47. The molecule has 0 aliphatic rings. The molecule has 16 heavy (non-hydrogen) atoms. The van der Waals surface area contributed by atoms with Crippen molar-refractivity contribution in [1.82, 2.24) is 9.78 Å². The number of aryl methyl sites for hydroxylation is 1. The first-order chi connectivity index (χ1) is 7.49. The van der Waals surface area contributed by atoms with Crippen LogP contribution >= 0.6 is 0 Å². The number of hydrogen-bond donors (Lipinski definition) is 2. The largest absolute Gasteiger partial charge is 0.505 e. The summed E-state index contributed by atoms with van der Waals surface area (Å²) in [5.41, 5.74) is 5.71. The predicted molar refractivity (Wildman–Crippen MR) is 54.6 cm³/mol. The SMILES string of the molecule is Cn1nc(-c2cc(F)c(O)cc2F)cc1N. The zero-order valence-corrected chi connectivity index (χ0v) is 8.41. The van der Waals surface area contributed by atoms with Crippen molar-refractivity contribution in [2.45, 2.75) is 0 Å². The molecule has 0 aliphatic carbocycles. The van der Waals surface area contributed by atoms with Crippen LogP contribution in [0.2, 0.25) is 0 Å². The molecule has 2 rings (SSSR count). The van der Waals surface area contributed by atoms with Gasteiger partial charge in [0.1, 0.15) is 11.6 Å². The molecule has 1 aromatic heterocycles. The van der Waals surface area contributed by atoms with E-state index in [2.05, 4.69) is 5.10 Å². The number of benzene rings is 1. The molecular weight excluding hydrogens is 216 g/mol. The second kappa shape index (κ2) is 3.48. The third-order valence-electron chi connectivity index (χ3n) is 2.23. The Morgan fingerprint density at radius 1 is 1.25 bits per heavy atom. The summed E-state index contributed by atoms with van der Waals surface area (Å²) < 4.78 is 27.9. The summed E-state index contributed by atoms with van der Waals surface area (Å²) in [6.07, 6.45) is 0. The van der Waals surface area contributed by atoms with E-state index in [1.807, 2.05) is 0 Å². The van der Waals surface area contributed by atoms with Gasteiger partial charge in [0.25, 0.3) is 0 Å². The highest BCUT2D eigenvalue weighted by Gasteiger charge is 2.14. The van der Waals surface area contributed by atoms with E-state index in [0.717, 1.165) is 6.07 Å². The molecular formula is C10H9F2N3O. The Kier molecular flexibility index (Phi) is 2.26. The maximum atomic E-state index is 13.4. The van der Waals surface area contributed by atoms with Gasteiger partial charge in [0.15, 0.2) is 11.6 Å². The lowest BCUT2D eigenvalue weighted by atomic mass is 10.1. The summed E-state index contributed by atoms with van der Waals surface area (Å²) in [4.78, 5) is 0. The number of anilines is 1. The molecule has 0 unspecified atom stereocenters. The highest BCUT2D eigenvalue weighted by Crippen LogP contribution is 2.28. The van der Waals surface area contributed by atoms with Crippen molar-refractivity contribution in [3.63, 3.8) is 0 Å². The fourth-order valence-electron chi connectivity index (χ4n) is 1.35. The molecule has 1 aromatic carbocycles. The number of phenolic OH excluding ortho intramolecular Hbond substituents is 1. The van der Waals surface area contributed by atoms with Crippen LogP contribution in [0.4, 0.5) is 14.6 Å². The van der Waals surface area contributed by atoms with Crippen LogP contribution in [0.3, 0.4) is 0 Å². The van der Waals surface area contributed by atoms with Crippen molar-refractivity contribution >= 4 is 5.82 Å². The molecule has 0 aliphatic heterocycles. The van der Waals surface area contributed by atoms with Gasteiger partial charge in [-0.25, -0.2) is 8.78 Å². The number of halogens is 2. The Balaban J connectivity index is 2.60. The van der Waals surface area contributed by atoms with Crippen LogP contribution in [0.1, 0.15) is 0 Å². The Morgan fingerprint density at radius 2 is 1.94 bits per heavy atom. The van der Waals surface area contributed by atoms with Gasteiger partial charge in [-0.15, -0.1) is 0 Å². The minimum absolute atomic E-state index is 0.0393. The monoisotopic (exact) mass is 225 g/mol.